The molecule has 0 spiro atoms. The van der Waals surface area contributed by atoms with E-state index >= 15 is 0 Å². The Kier molecular flexibility index (Phi) is 3.77. The van der Waals surface area contributed by atoms with Crippen molar-refractivity contribution >= 4 is 21.6 Å². The molecule has 0 heterocycles. The van der Waals surface area contributed by atoms with E-state index in [1.807, 2.05) is 25.1 Å². The highest BCUT2D eigenvalue weighted by Crippen LogP contribution is 2.26. The number of nitrogens with one attached hydrogen (secondary N) is 1. The molecule has 2 aromatic carbocycles. The first-order chi connectivity index (χ1) is 8.56. The van der Waals surface area contributed by atoms with Crippen molar-refractivity contribution in [1.29, 1.82) is 0 Å². The molecule has 0 radical (unpaired) electrons. The first kappa shape index (κ1) is 12.8. The van der Waals surface area contributed by atoms with Crippen LogP contribution < -0.4 is 5.32 Å². The van der Waals surface area contributed by atoms with E-state index in [-0.39, 0.29) is 11.5 Å². The minimum absolute atomic E-state index is 0.0627. The van der Waals surface area contributed by atoms with Gasteiger partial charge in [-0.2, -0.15) is 0 Å². The number of benzene rings is 2. The van der Waals surface area contributed by atoms with Gasteiger partial charge in [-0.3, -0.25) is 0 Å². The number of rotatable bonds is 3. The molecule has 2 aromatic rings. The fourth-order valence-corrected chi connectivity index (χ4v) is 2.29. The maximum Gasteiger partial charge on any atom is 0.124 e. The molecule has 0 amide bonds. The number of phenolic OH excluding ortho intramolecular Hbond substituents is 2. The van der Waals surface area contributed by atoms with Crippen LogP contribution in [-0.4, -0.2) is 10.2 Å². The van der Waals surface area contributed by atoms with Crippen molar-refractivity contribution in [2.45, 2.75) is 13.5 Å². The van der Waals surface area contributed by atoms with Crippen molar-refractivity contribution in [2.24, 2.45) is 0 Å². The summed E-state index contributed by atoms with van der Waals surface area (Å²) in [5.74, 6) is 0.151. The third-order valence-corrected chi connectivity index (χ3v) is 3.32. The average Bonchev–Trinajstić information content (AvgIpc) is 2.30. The molecule has 94 valence electrons. The summed E-state index contributed by atoms with van der Waals surface area (Å²) in [6, 6.07) is 10.6. The molecule has 0 unspecified atom stereocenters. The zero-order valence-electron chi connectivity index (χ0n) is 9.94. The van der Waals surface area contributed by atoms with Crippen molar-refractivity contribution in [1.82, 2.24) is 0 Å². The second kappa shape index (κ2) is 5.31. The maximum atomic E-state index is 9.67. The van der Waals surface area contributed by atoms with Gasteiger partial charge in [0.1, 0.15) is 11.5 Å². The van der Waals surface area contributed by atoms with Crippen molar-refractivity contribution in [3.8, 4) is 11.5 Å². The van der Waals surface area contributed by atoms with E-state index in [1.54, 1.807) is 12.1 Å². The topological polar surface area (TPSA) is 52.5 Å². The van der Waals surface area contributed by atoms with Crippen LogP contribution in [0.25, 0.3) is 0 Å². The third-order valence-electron chi connectivity index (χ3n) is 2.66. The van der Waals surface area contributed by atoms with Crippen LogP contribution in [-0.2, 0) is 6.54 Å². The van der Waals surface area contributed by atoms with Crippen molar-refractivity contribution in [3.05, 3.63) is 52.0 Å². The quantitative estimate of drug-likeness (QED) is 0.809. The Morgan fingerprint density at radius 1 is 1.11 bits per heavy atom. The molecule has 0 bridgehead atoms. The first-order valence-electron chi connectivity index (χ1n) is 5.57. The summed E-state index contributed by atoms with van der Waals surface area (Å²) in [7, 11) is 0. The van der Waals surface area contributed by atoms with Crippen LogP contribution in [0.5, 0.6) is 11.5 Å². The van der Waals surface area contributed by atoms with Crippen molar-refractivity contribution < 1.29 is 10.2 Å². The standard InChI is InChI=1S/C14H14BrNO2/c1-9-2-5-13(12(15)6-9)16-8-10-3-4-11(17)7-14(10)18/h2-7,16-18H,8H2,1H3. The van der Waals surface area contributed by atoms with Crippen LogP contribution in [0.15, 0.2) is 40.9 Å². The molecule has 0 atom stereocenters. The Balaban J connectivity index is 2.11. The Bertz CT molecular complexity index is 518. The summed E-state index contributed by atoms with van der Waals surface area (Å²) >= 11 is 3.49. The largest absolute Gasteiger partial charge is 0.508 e. The average molecular weight is 308 g/mol. The van der Waals surface area contributed by atoms with E-state index in [1.165, 1.54) is 11.6 Å². The molecular weight excluding hydrogens is 294 g/mol. The van der Waals surface area contributed by atoms with Gasteiger partial charge in [0.25, 0.3) is 0 Å². The van der Waals surface area contributed by atoms with Gasteiger partial charge in [-0.05, 0) is 52.7 Å². The molecule has 0 saturated heterocycles. The van der Waals surface area contributed by atoms with Gasteiger partial charge in [-0.15, -0.1) is 0 Å². The van der Waals surface area contributed by atoms with Gasteiger partial charge >= 0.3 is 0 Å². The number of aryl methyl sites for hydroxylation is 1. The first-order valence-corrected chi connectivity index (χ1v) is 6.36. The van der Waals surface area contributed by atoms with Gasteiger partial charge in [-0.25, -0.2) is 0 Å². The third kappa shape index (κ3) is 2.96. The number of phenols is 2. The van der Waals surface area contributed by atoms with Gasteiger partial charge in [0, 0.05) is 28.3 Å². The molecule has 3 N–H and O–H groups in total. The van der Waals surface area contributed by atoms with Crippen LogP contribution in [0.3, 0.4) is 0 Å². The number of hydrogen-bond donors (Lipinski definition) is 3. The van der Waals surface area contributed by atoms with Crippen LogP contribution in [0.2, 0.25) is 0 Å². The summed E-state index contributed by atoms with van der Waals surface area (Å²) in [6.45, 7) is 2.52. The zero-order valence-corrected chi connectivity index (χ0v) is 11.5. The number of anilines is 1. The lowest BCUT2D eigenvalue weighted by Gasteiger charge is -2.10. The van der Waals surface area contributed by atoms with E-state index in [2.05, 4.69) is 21.2 Å². The van der Waals surface area contributed by atoms with E-state index < -0.39 is 0 Å². The van der Waals surface area contributed by atoms with Gasteiger partial charge in [0.05, 0.1) is 0 Å². The lowest BCUT2D eigenvalue weighted by Crippen LogP contribution is -2.00. The van der Waals surface area contributed by atoms with E-state index in [4.69, 9.17) is 0 Å². The molecule has 4 heteroatoms. The summed E-state index contributed by atoms with van der Waals surface area (Å²) in [4.78, 5) is 0. The Morgan fingerprint density at radius 3 is 2.56 bits per heavy atom. The maximum absolute atomic E-state index is 9.67. The lowest BCUT2D eigenvalue weighted by atomic mass is 10.1. The predicted octanol–water partition coefficient (Wildman–Crippen LogP) is 3.78. The Labute approximate surface area is 114 Å². The summed E-state index contributed by atoms with van der Waals surface area (Å²) in [5.41, 5.74) is 2.88. The molecule has 0 aliphatic heterocycles. The van der Waals surface area contributed by atoms with Crippen LogP contribution in [0, 0.1) is 6.92 Å². The molecule has 0 fully saturated rings. The smallest absolute Gasteiger partial charge is 0.124 e. The summed E-state index contributed by atoms with van der Waals surface area (Å²) < 4.78 is 0.987. The van der Waals surface area contributed by atoms with E-state index in [0.717, 1.165) is 15.7 Å². The summed E-state index contributed by atoms with van der Waals surface area (Å²) in [5, 5.41) is 22.1. The van der Waals surface area contributed by atoms with Gasteiger partial charge in [-0.1, -0.05) is 6.07 Å². The molecule has 18 heavy (non-hydrogen) atoms. The van der Waals surface area contributed by atoms with Gasteiger partial charge in [0.15, 0.2) is 0 Å². The molecule has 0 aliphatic carbocycles. The SMILES string of the molecule is Cc1ccc(NCc2ccc(O)cc2O)c(Br)c1. The van der Waals surface area contributed by atoms with E-state index in [9.17, 15) is 10.2 Å². The zero-order chi connectivity index (χ0) is 13.1. The molecule has 0 saturated carbocycles. The normalized spacial score (nSPS) is 10.3. The van der Waals surface area contributed by atoms with Crippen molar-refractivity contribution in [3.63, 3.8) is 0 Å². The van der Waals surface area contributed by atoms with Crippen molar-refractivity contribution in [2.75, 3.05) is 5.32 Å². The minimum Gasteiger partial charge on any atom is -0.508 e. The van der Waals surface area contributed by atoms with E-state index in [0.29, 0.717) is 6.54 Å². The highest BCUT2D eigenvalue weighted by molar-refractivity contribution is 9.10. The van der Waals surface area contributed by atoms with Crippen LogP contribution >= 0.6 is 15.9 Å². The van der Waals surface area contributed by atoms with Gasteiger partial charge in [0.2, 0.25) is 0 Å². The second-order valence-corrected chi connectivity index (χ2v) is 5.00. The molecular formula is C14H14BrNO2. The highest BCUT2D eigenvalue weighted by atomic mass is 79.9. The highest BCUT2D eigenvalue weighted by Gasteiger charge is 2.04. The van der Waals surface area contributed by atoms with Gasteiger partial charge < -0.3 is 15.5 Å². The monoisotopic (exact) mass is 307 g/mol. The van der Waals surface area contributed by atoms with Crippen LogP contribution in [0.4, 0.5) is 5.69 Å². The minimum atomic E-state index is 0.0627. The molecule has 0 aromatic heterocycles. The second-order valence-electron chi connectivity index (χ2n) is 4.15. The molecule has 0 aliphatic rings. The summed E-state index contributed by atoms with van der Waals surface area (Å²) in [6.07, 6.45) is 0. The lowest BCUT2D eigenvalue weighted by molar-refractivity contribution is 0.446. The fourth-order valence-electron chi connectivity index (χ4n) is 1.66. The number of hydrogen-bond acceptors (Lipinski definition) is 3. The predicted molar refractivity (Wildman–Crippen MR) is 76.0 cm³/mol. The molecule has 3 nitrogen and oxygen atoms in total. The fraction of sp³-hybridized carbons (Fsp3) is 0.143. The van der Waals surface area contributed by atoms with Crippen LogP contribution in [0.1, 0.15) is 11.1 Å². The Morgan fingerprint density at radius 2 is 1.89 bits per heavy atom. The number of halogens is 1. The molecule has 2 rings (SSSR count). The Hall–Kier alpha value is -1.68. The number of aromatic hydroxyl groups is 2.